The van der Waals surface area contributed by atoms with Gasteiger partial charge in [-0.3, -0.25) is 9.78 Å². The van der Waals surface area contributed by atoms with Crippen LogP contribution in [0, 0.1) is 0 Å². The van der Waals surface area contributed by atoms with Crippen LogP contribution in [0.5, 0.6) is 0 Å². The van der Waals surface area contributed by atoms with Crippen LogP contribution in [0.2, 0.25) is 0 Å². The van der Waals surface area contributed by atoms with Gasteiger partial charge in [0.25, 0.3) is 5.56 Å². The van der Waals surface area contributed by atoms with E-state index in [0.29, 0.717) is 5.95 Å². The molecule has 1 aromatic heterocycles. The van der Waals surface area contributed by atoms with Gasteiger partial charge in [0.15, 0.2) is 0 Å². The van der Waals surface area contributed by atoms with Crippen molar-refractivity contribution >= 4 is 5.95 Å². The number of nitrogens with zero attached hydrogens (tertiary/aromatic N) is 2. The van der Waals surface area contributed by atoms with Crippen molar-refractivity contribution in [2.75, 3.05) is 18.0 Å². The Labute approximate surface area is 88.3 Å². The second kappa shape index (κ2) is 4.02. The predicted molar refractivity (Wildman–Crippen MR) is 59.0 cm³/mol. The molecule has 1 atom stereocenters. The molecule has 5 nitrogen and oxygen atoms in total. The summed E-state index contributed by atoms with van der Waals surface area (Å²) < 4.78 is 0. The average Bonchev–Trinajstić information content (AvgIpc) is 2.64. The zero-order valence-corrected chi connectivity index (χ0v) is 8.86. The van der Waals surface area contributed by atoms with Crippen LogP contribution in [0.15, 0.2) is 10.9 Å². The van der Waals surface area contributed by atoms with E-state index in [1.165, 1.54) is 0 Å². The van der Waals surface area contributed by atoms with Crippen LogP contribution < -0.4 is 16.2 Å². The molecular weight excluding hydrogens is 192 g/mol. The number of hydrogen-bond donors (Lipinski definition) is 2. The zero-order valence-electron chi connectivity index (χ0n) is 8.86. The molecule has 0 aliphatic carbocycles. The lowest BCUT2D eigenvalue weighted by Crippen LogP contribution is -2.29. The first-order chi connectivity index (χ1) is 7.19. The lowest BCUT2D eigenvalue weighted by Gasteiger charge is -2.16. The normalized spacial score (nSPS) is 20.9. The number of H-pyrrole nitrogens is 1. The third kappa shape index (κ3) is 2.18. The number of aromatic amines is 1. The van der Waals surface area contributed by atoms with Gasteiger partial charge in [-0.05, 0) is 12.8 Å². The molecule has 0 amide bonds. The Morgan fingerprint density at radius 3 is 3.13 bits per heavy atom. The number of aromatic nitrogens is 2. The van der Waals surface area contributed by atoms with Crippen molar-refractivity contribution in [1.29, 1.82) is 0 Å². The van der Waals surface area contributed by atoms with Crippen LogP contribution in [0.3, 0.4) is 0 Å². The van der Waals surface area contributed by atoms with Gasteiger partial charge in [-0.15, -0.1) is 0 Å². The molecule has 1 aliphatic rings. The summed E-state index contributed by atoms with van der Waals surface area (Å²) in [5.41, 5.74) is 6.55. The molecule has 15 heavy (non-hydrogen) atoms. The third-order valence-corrected chi connectivity index (χ3v) is 2.67. The van der Waals surface area contributed by atoms with Gasteiger partial charge in [0.05, 0.1) is 0 Å². The monoisotopic (exact) mass is 208 g/mol. The second-order valence-electron chi connectivity index (χ2n) is 3.91. The Bertz CT molecular complexity index is 401. The van der Waals surface area contributed by atoms with Crippen LogP contribution in [0.4, 0.5) is 5.95 Å². The lowest BCUT2D eigenvalue weighted by atomic mass is 10.3. The van der Waals surface area contributed by atoms with Gasteiger partial charge in [-0.2, -0.15) is 0 Å². The highest BCUT2D eigenvalue weighted by atomic mass is 16.1. The van der Waals surface area contributed by atoms with Crippen LogP contribution in [0.25, 0.3) is 0 Å². The first kappa shape index (κ1) is 10.2. The molecule has 1 saturated heterocycles. The summed E-state index contributed by atoms with van der Waals surface area (Å²) in [6.45, 7) is 3.63. The highest BCUT2D eigenvalue weighted by molar-refractivity contribution is 5.32. The third-order valence-electron chi connectivity index (χ3n) is 2.67. The Balaban J connectivity index is 2.28. The molecule has 2 rings (SSSR count). The van der Waals surface area contributed by atoms with E-state index in [2.05, 4.69) is 9.97 Å². The fourth-order valence-corrected chi connectivity index (χ4v) is 1.80. The Morgan fingerprint density at radius 2 is 2.53 bits per heavy atom. The van der Waals surface area contributed by atoms with Crippen molar-refractivity contribution < 1.29 is 0 Å². The van der Waals surface area contributed by atoms with E-state index in [9.17, 15) is 4.79 Å². The van der Waals surface area contributed by atoms with E-state index in [-0.39, 0.29) is 11.6 Å². The second-order valence-corrected chi connectivity index (χ2v) is 3.91. The van der Waals surface area contributed by atoms with Crippen LogP contribution in [-0.2, 0) is 6.42 Å². The minimum absolute atomic E-state index is 0.0858. The summed E-state index contributed by atoms with van der Waals surface area (Å²) in [5.74, 6) is 0.660. The number of hydrogen-bond acceptors (Lipinski definition) is 4. The molecule has 82 valence electrons. The first-order valence-corrected chi connectivity index (χ1v) is 5.30. The highest BCUT2D eigenvalue weighted by Gasteiger charge is 2.21. The van der Waals surface area contributed by atoms with E-state index in [4.69, 9.17) is 5.73 Å². The number of nitrogens with two attached hydrogens (primary N) is 1. The standard InChI is InChI=1S/C10H16N4O/c1-2-8-5-9(15)13-10(12-8)14-4-3-7(11)6-14/h5,7H,2-4,6,11H2,1H3,(H,12,13,15)/t7-/m1/s1. The number of aryl methyl sites for hydroxylation is 1. The molecule has 1 fully saturated rings. The lowest BCUT2D eigenvalue weighted by molar-refractivity contribution is 0.749. The largest absolute Gasteiger partial charge is 0.341 e. The van der Waals surface area contributed by atoms with Crippen molar-refractivity contribution in [3.8, 4) is 0 Å². The fraction of sp³-hybridized carbons (Fsp3) is 0.600. The summed E-state index contributed by atoms with van der Waals surface area (Å²) in [7, 11) is 0. The minimum Gasteiger partial charge on any atom is -0.341 e. The Hall–Kier alpha value is -1.36. The molecule has 0 aromatic carbocycles. The molecular formula is C10H16N4O. The van der Waals surface area contributed by atoms with Gasteiger partial charge in [0, 0.05) is 30.9 Å². The number of anilines is 1. The molecule has 0 radical (unpaired) electrons. The van der Waals surface area contributed by atoms with E-state index in [1.54, 1.807) is 6.07 Å². The smallest absolute Gasteiger partial charge is 0.252 e. The van der Waals surface area contributed by atoms with Crippen molar-refractivity contribution in [2.45, 2.75) is 25.8 Å². The van der Waals surface area contributed by atoms with Gasteiger partial charge in [-0.1, -0.05) is 6.92 Å². The van der Waals surface area contributed by atoms with E-state index in [0.717, 1.165) is 31.6 Å². The highest BCUT2D eigenvalue weighted by Crippen LogP contribution is 2.13. The van der Waals surface area contributed by atoms with E-state index in [1.807, 2.05) is 11.8 Å². The summed E-state index contributed by atoms with van der Waals surface area (Å²) in [4.78, 5) is 20.5. The molecule has 1 aliphatic heterocycles. The molecule has 0 spiro atoms. The molecule has 1 aromatic rings. The molecule has 0 saturated carbocycles. The predicted octanol–water partition coefficient (Wildman–Crippen LogP) is -0.130. The van der Waals surface area contributed by atoms with Gasteiger partial charge >= 0.3 is 0 Å². The van der Waals surface area contributed by atoms with E-state index < -0.39 is 0 Å². The van der Waals surface area contributed by atoms with Crippen LogP contribution in [0.1, 0.15) is 19.0 Å². The SMILES string of the molecule is CCc1cc(=O)[nH]c(N2CC[C@@H](N)C2)n1. The summed E-state index contributed by atoms with van der Waals surface area (Å²) in [6.07, 6.45) is 1.73. The molecule has 5 heteroatoms. The van der Waals surface area contributed by atoms with Gasteiger partial charge < -0.3 is 10.6 Å². The van der Waals surface area contributed by atoms with E-state index >= 15 is 0 Å². The van der Waals surface area contributed by atoms with Crippen molar-refractivity contribution in [2.24, 2.45) is 5.73 Å². The molecule has 0 unspecified atom stereocenters. The number of rotatable bonds is 2. The summed E-state index contributed by atoms with van der Waals surface area (Å²) in [5, 5.41) is 0. The van der Waals surface area contributed by atoms with Gasteiger partial charge in [-0.25, -0.2) is 4.98 Å². The van der Waals surface area contributed by atoms with Crippen molar-refractivity contribution in [3.63, 3.8) is 0 Å². The summed E-state index contributed by atoms with van der Waals surface area (Å²) in [6, 6.07) is 1.74. The van der Waals surface area contributed by atoms with Crippen molar-refractivity contribution in [1.82, 2.24) is 9.97 Å². The van der Waals surface area contributed by atoms with Crippen LogP contribution in [-0.4, -0.2) is 29.1 Å². The van der Waals surface area contributed by atoms with Crippen LogP contribution >= 0.6 is 0 Å². The average molecular weight is 208 g/mol. The molecule has 3 N–H and O–H groups in total. The fourth-order valence-electron chi connectivity index (χ4n) is 1.80. The zero-order chi connectivity index (χ0) is 10.8. The molecule has 2 heterocycles. The van der Waals surface area contributed by atoms with Gasteiger partial charge in [0.2, 0.25) is 5.95 Å². The minimum atomic E-state index is -0.0858. The maximum Gasteiger partial charge on any atom is 0.252 e. The quantitative estimate of drug-likeness (QED) is 0.710. The molecule has 0 bridgehead atoms. The summed E-state index contributed by atoms with van der Waals surface area (Å²) >= 11 is 0. The maximum atomic E-state index is 11.4. The first-order valence-electron chi connectivity index (χ1n) is 5.30. The van der Waals surface area contributed by atoms with Crippen molar-refractivity contribution in [3.05, 3.63) is 22.1 Å². The van der Waals surface area contributed by atoms with Gasteiger partial charge in [0.1, 0.15) is 0 Å². The maximum absolute atomic E-state index is 11.4. The Kier molecular flexibility index (Phi) is 2.73. The number of nitrogens with one attached hydrogen (secondary N) is 1. The topological polar surface area (TPSA) is 75.0 Å². The Morgan fingerprint density at radius 1 is 1.73 bits per heavy atom.